The van der Waals surface area contributed by atoms with E-state index < -0.39 is 0 Å². The van der Waals surface area contributed by atoms with Crippen molar-refractivity contribution in [2.45, 2.75) is 25.6 Å². The zero-order chi connectivity index (χ0) is 21.5. The van der Waals surface area contributed by atoms with Crippen LogP contribution in [0.15, 0.2) is 84.9 Å². The predicted octanol–water partition coefficient (Wildman–Crippen LogP) is 4.48. The molecule has 0 radical (unpaired) electrons. The third-order valence-corrected chi connectivity index (χ3v) is 5.48. The van der Waals surface area contributed by atoms with Gasteiger partial charge in [-0.05, 0) is 42.8 Å². The fraction of sp³-hybridized carbons (Fsp3) is 0.269. The van der Waals surface area contributed by atoms with Crippen LogP contribution in [0.4, 0.5) is 5.69 Å². The summed E-state index contributed by atoms with van der Waals surface area (Å²) in [5.74, 6) is 0.0140. The molecule has 30 heavy (non-hydrogen) atoms. The maximum atomic E-state index is 13.1. The molecule has 0 saturated heterocycles. The van der Waals surface area contributed by atoms with Gasteiger partial charge in [0.15, 0.2) is 0 Å². The van der Waals surface area contributed by atoms with Crippen LogP contribution in [0, 0.1) is 0 Å². The summed E-state index contributed by atoms with van der Waals surface area (Å²) in [6.07, 6.45) is 0. The predicted molar refractivity (Wildman–Crippen MR) is 125 cm³/mol. The van der Waals surface area contributed by atoms with Crippen LogP contribution in [-0.4, -0.2) is 38.0 Å². The zero-order valence-corrected chi connectivity index (χ0v) is 18.2. The SMILES string of the molecule is C[C@H](C(=O)NC(c1ccccc1)c1ccccc1)N(C)Cc1ccc(N(C)C)cc1. The van der Waals surface area contributed by atoms with Gasteiger partial charge in [-0.1, -0.05) is 72.8 Å². The van der Waals surface area contributed by atoms with Crippen molar-refractivity contribution in [1.82, 2.24) is 10.2 Å². The average molecular weight is 402 g/mol. The first-order valence-electron chi connectivity index (χ1n) is 10.3. The fourth-order valence-corrected chi connectivity index (χ4v) is 3.44. The first kappa shape index (κ1) is 21.6. The lowest BCUT2D eigenvalue weighted by Crippen LogP contribution is -2.44. The summed E-state index contributed by atoms with van der Waals surface area (Å²) in [5, 5.41) is 3.25. The van der Waals surface area contributed by atoms with Gasteiger partial charge < -0.3 is 10.2 Å². The molecule has 4 nitrogen and oxygen atoms in total. The highest BCUT2D eigenvalue weighted by Crippen LogP contribution is 2.22. The normalized spacial score (nSPS) is 12.1. The van der Waals surface area contributed by atoms with Crippen LogP contribution in [-0.2, 0) is 11.3 Å². The molecule has 1 atom stereocenters. The van der Waals surface area contributed by atoms with E-state index in [1.165, 1.54) is 11.3 Å². The quantitative estimate of drug-likeness (QED) is 0.605. The van der Waals surface area contributed by atoms with Crippen molar-refractivity contribution in [3.63, 3.8) is 0 Å². The van der Waals surface area contributed by atoms with E-state index in [4.69, 9.17) is 0 Å². The second-order valence-electron chi connectivity index (χ2n) is 7.91. The van der Waals surface area contributed by atoms with E-state index in [-0.39, 0.29) is 18.0 Å². The van der Waals surface area contributed by atoms with E-state index in [1.807, 2.05) is 64.5 Å². The molecule has 3 aromatic carbocycles. The lowest BCUT2D eigenvalue weighted by Gasteiger charge is -2.27. The Hall–Kier alpha value is -3.11. The minimum Gasteiger partial charge on any atom is -0.378 e. The van der Waals surface area contributed by atoms with Crippen molar-refractivity contribution in [1.29, 1.82) is 0 Å². The molecule has 156 valence electrons. The number of nitrogens with one attached hydrogen (secondary N) is 1. The maximum absolute atomic E-state index is 13.1. The van der Waals surface area contributed by atoms with Gasteiger partial charge in [0, 0.05) is 26.3 Å². The van der Waals surface area contributed by atoms with Crippen molar-refractivity contribution >= 4 is 11.6 Å². The van der Waals surface area contributed by atoms with Gasteiger partial charge in [0.05, 0.1) is 12.1 Å². The van der Waals surface area contributed by atoms with Crippen molar-refractivity contribution in [3.8, 4) is 0 Å². The number of amides is 1. The van der Waals surface area contributed by atoms with Crippen molar-refractivity contribution in [3.05, 3.63) is 102 Å². The topological polar surface area (TPSA) is 35.6 Å². The molecular formula is C26H31N3O. The summed E-state index contributed by atoms with van der Waals surface area (Å²) >= 11 is 0. The molecule has 0 aliphatic rings. The molecule has 0 bridgehead atoms. The van der Waals surface area contributed by atoms with Gasteiger partial charge in [-0.15, -0.1) is 0 Å². The molecule has 0 saturated carbocycles. The minimum atomic E-state index is -0.256. The molecule has 0 heterocycles. The van der Waals surface area contributed by atoms with Gasteiger partial charge in [0.2, 0.25) is 5.91 Å². The molecule has 0 aliphatic heterocycles. The highest BCUT2D eigenvalue weighted by molar-refractivity contribution is 5.82. The number of rotatable bonds is 8. The molecule has 0 fully saturated rings. The molecule has 1 amide bonds. The van der Waals surface area contributed by atoms with E-state index in [0.717, 1.165) is 11.1 Å². The van der Waals surface area contributed by atoms with Crippen LogP contribution in [0.3, 0.4) is 0 Å². The summed E-state index contributed by atoms with van der Waals surface area (Å²) in [4.78, 5) is 17.3. The van der Waals surface area contributed by atoms with Gasteiger partial charge >= 0.3 is 0 Å². The first-order valence-corrected chi connectivity index (χ1v) is 10.3. The fourth-order valence-electron chi connectivity index (χ4n) is 3.44. The molecule has 0 unspecified atom stereocenters. The molecular weight excluding hydrogens is 370 g/mol. The summed E-state index contributed by atoms with van der Waals surface area (Å²) in [6, 6.07) is 28.2. The van der Waals surface area contributed by atoms with Gasteiger partial charge in [0.1, 0.15) is 0 Å². The van der Waals surface area contributed by atoms with Gasteiger partial charge in [-0.3, -0.25) is 9.69 Å². The van der Waals surface area contributed by atoms with Crippen LogP contribution in [0.5, 0.6) is 0 Å². The van der Waals surface area contributed by atoms with E-state index in [1.54, 1.807) is 0 Å². The van der Waals surface area contributed by atoms with Crippen molar-refractivity contribution in [2.75, 3.05) is 26.0 Å². The molecule has 3 rings (SSSR count). The number of anilines is 1. The Kier molecular flexibility index (Phi) is 7.26. The number of carbonyl (C=O) groups excluding carboxylic acids is 1. The number of likely N-dealkylation sites (N-methyl/N-ethyl adjacent to an activating group) is 1. The lowest BCUT2D eigenvalue weighted by molar-refractivity contribution is -0.126. The summed E-state index contributed by atoms with van der Waals surface area (Å²) in [6.45, 7) is 2.67. The van der Waals surface area contributed by atoms with E-state index in [0.29, 0.717) is 6.54 Å². The van der Waals surface area contributed by atoms with E-state index in [2.05, 4.69) is 63.6 Å². The molecule has 1 N–H and O–H groups in total. The number of hydrogen-bond donors (Lipinski definition) is 1. The Bertz CT molecular complexity index is 884. The highest BCUT2D eigenvalue weighted by Gasteiger charge is 2.23. The summed E-state index contributed by atoms with van der Waals surface area (Å²) in [5.41, 5.74) is 4.50. The molecule has 0 aliphatic carbocycles. The number of hydrogen-bond acceptors (Lipinski definition) is 3. The number of nitrogens with zero attached hydrogens (tertiary/aromatic N) is 2. The third-order valence-electron chi connectivity index (χ3n) is 5.48. The Morgan fingerprint density at radius 1 is 0.800 bits per heavy atom. The largest absolute Gasteiger partial charge is 0.378 e. The van der Waals surface area contributed by atoms with E-state index in [9.17, 15) is 4.79 Å². The first-order chi connectivity index (χ1) is 14.5. The van der Waals surface area contributed by atoms with Crippen LogP contribution in [0.25, 0.3) is 0 Å². The monoisotopic (exact) mass is 401 g/mol. The van der Waals surface area contributed by atoms with Crippen molar-refractivity contribution < 1.29 is 4.79 Å². The molecule has 4 heteroatoms. The van der Waals surface area contributed by atoms with E-state index >= 15 is 0 Å². The number of carbonyl (C=O) groups is 1. The number of benzene rings is 3. The van der Waals surface area contributed by atoms with Crippen LogP contribution >= 0.6 is 0 Å². The summed E-state index contributed by atoms with van der Waals surface area (Å²) < 4.78 is 0. The van der Waals surface area contributed by atoms with Crippen LogP contribution in [0.2, 0.25) is 0 Å². The van der Waals surface area contributed by atoms with Gasteiger partial charge in [0.25, 0.3) is 0 Å². The molecule has 0 spiro atoms. The molecule has 3 aromatic rings. The van der Waals surface area contributed by atoms with Crippen molar-refractivity contribution in [2.24, 2.45) is 0 Å². The maximum Gasteiger partial charge on any atom is 0.237 e. The third kappa shape index (κ3) is 5.49. The highest BCUT2D eigenvalue weighted by atomic mass is 16.2. The minimum absolute atomic E-state index is 0.0140. The standard InChI is InChI=1S/C26H31N3O/c1-20(29(4)19-21-15-17-24(18-16-21)28(2)3)26(30)27-25(22-11-7-5-8-12-22)23-13-9-6-10-14-23/h5-18,20,25H,19H2,1-4H3,(H,27,30)/t20-/m1/s1. The van der Waals surface area contributed by atoms with Crippen LogP contribution in [0.1, 0.15) is 29.7 Å². The lowest BCUT2D eigenvalue weighted by atomic mass is 9.98. The Morgan fingerprint density at radius 2 is 1.30 bits per heavy atom. The second kappa shape index (κ2) is 10.1. The summed E-state index contributed by atoms with van der Waals surface area (Å²) in [7, 11) is 6.05. The van der Waals surface area contributed by atoms with Gasteiger partial charge in [-0.2, -0.15) is 0 Å². The zero-order valence-electron chi connectivity index (χ0n) is 18.2. The average Bonchev–Trinajstić information content (AvgIpc) is 2.78. The van der Waals surface area contributed by atoms with Crippen LogP contribution < -0.4 is 10.2 Å². The second-order valence-corrected chi connectivity index (χ2v) is 7.91. The Labute approximate surface area is 180 Å². The molecule has 0 aromatic heterocycles. The van der Waals surface area contributed by atoms with Gasteiger partial charge in [-0.25, -0.2) is 0 Å². The Balaban J connectivity index is 1.70. The Morgan fingerprint density at radius 3 is 1.77 bits per heavy atom. The smallest absolute Gasteiger partial charge is 0.237 e.